The molecule has 0 atom stereocenters. The maximum atomic E-state index is 8.74. The summed E-state index contributed by atoms with van der Waals surface area (Å²) in [7, 11) is -4.67. The fourth-order valence-electron chi connectivity index (χ4n) is 0.892. The van der Waals surface area contributed by atoms with Crippen LogP contribution in [0, 0.1) is 0 Å². The number of aliphatic hydroxyl groups is 1. The summed E-state index contributed by atoms with van der Waals surface area (Å²) < 4.78 is 31.6. The average Bonchev–Trinajstić information content (AvgIpc) is 2.01. The Bertz CT molecular complexity index is 179. The molecule has 0 aliphatic heterocycles. The Labute approximate surface area is 91.9 Å². The molecule has 0 saturated heterocycles. The van der Waals surface area contributed by atoms with Crippen LogP contribution in [0.15, 0.2) is 0 Å². The van der Waals surface area contributed by atoms with Gasteiger partial charge in [0.1, 0.15) is 0 Å². The summed E-state index contributed by atoms with van der Waals surface area (Å²) in [5.74, 6) is 0. The molecule has 0 aliphatic carbocycles. The molecule has 0 heterocycles. The van der Waals surface area contributed by atoms with Gasteiger partial charge in [0.15, 0.2) is 0 Å². The molecule has 96 valence electrons. The number of unbranched alkanes of at least 4 members (excludes halogenated alkanes) is 5. The molecule has 0 fully saturated rings. The van der Waals surface area contributed by atoms with Gasteiger partial charge in [-0.25, -0.2) is 0 Å². The fourth-order valence-corrected chi connectivity index (χ4v) is 0.892. The molecule has 0 aliphatic rings. The van der Waals surface area contributed by atoms with Gasteiger partial charge in [-0.05, 0) is 6.42 Å². The molecule has 0 unspecified atom stereocenters. The zero-order valence-corrected chi connectivity index (χ0v) is 10.0. The predicted octanol–water partition coefficient (Wildman–Crippen LogP) is 1.85. The SMILES string of the molecule is CCCCCCCCO.N.O=S(=O)(O)O. The van der Waals surface area contributed by atoms with Gasteiger partial charge in [0, 0.05) is 6.61 Å². The Morgan fingerprint density at radius 3 is 1.60 bits per heavy atom. The molecule has 0 saturated carbocycles. The van der Waals surface area contributed by atoms with Crippen LogP contribution in [0.25, 0.3) is 0 Å². The van der Waals surface area contributed by atoms with Crippen molar-refractivity contribution < 1.29 is 22.6 Å². The first kappa shape index (κ1) is 20.2. The van der Waals surface area contributed by atoms with Crippen molar-refractivity contribution in [2.75, 3.05) is 6.61 Å². The molecule has 0 spiro atoms. The Morgan fingerprint density at radius 2 is 1.27 bits per heavy atom. The normalized spacial score (nSPS) is 9.87. The van der Waals surface area contributed by atoms with Gasteiger partial charge >= 0.3 is 10.4 Å². The van der Waals surface area contributed by atoms with Crippen LogP contribution in [0.2, 0.25) is 0 Å². The number of hydrogen-bond acceptors (Lipinski definition) is 4. The molecule has 0 radical (unpaired) electrons. The smallest absolute Gasteiger partial charge is 0.394 e. The first-order chi connectivity index (χ1) is 6.41. The lowest BCUT2D eigenvalue weighted by Gasteiger charge is -1.95. The zero-order chi connectivity index (χ0) is 11.4. The Balaban J connectivity index is -0.000000208. The van der Waals surface area contributed by atoms with E-state index >= 15 is 0 Å². The van der Waals surface area contributed by atoms with Crippen LogP contribution >= 0.6 is 0 Å². The molecular weight excluding hydrogens is 222 g/mol. The second-order valence-electron chi connectivity index (χ2n) is 2.94. The van der Waals surface area contributed by atoms with Crippen LogP contribution in [-0.4, -0.2) is 29.2 Å². The second kappa shape index (κ2) is 13.8. The second-order valence-corrected chi connectivity index (χ2v) is 3.83. The van der Waals surface area contributed by atoms with E-state index in [1.807, 2.05) is 0 Å². The average molecular weight is 245 g/mol. The van der Waals surface area contributed by atoms with Gasteiger partial charge in [0.2, 0.25) is 0 Å². The van der Waals surface area contributed by atoms with Gasteiger partial charge in [-0.15, -0.1) is 0 Å². The number of rotatable bonds is 6. The van der Waals surface area contributed by atoms with Crippen molar-refractivity contribution >= 4 is 10.4 Å². The van der Waals surface area contributed by atoms with E-state index in [9.17, 15) is 0 Å². The highest BCUT2D eigenvalue weighted by atomic mass is 32.3. The lowest BCUT2D eigenvalue weighted by atomic mass is 10.1. The third-order valence-corrected chi connectivity index (χ3v) is 1.51. The molecule has 0 amide bonds. The van der Waals surface area contributed by atoms with Gasteiger partial charge < -0.3 is 11.3 Å². The molecule has 6 nitrogen and oxygen atoms in total. The molecule has 0 aromatic rings. The van der Waals surface area contributed by atoms with Crippen molar-refractivity contribution in [1.29, 1.82) is 0 Å². The van der Waals surface area contributed by atoms with Crippen molar-refractivity contribution in [3.05, 3.63) is 0 Å². The van der Waals surface area contributed by atoms with Crippen LogP contribution < -0.4 is 6.15 Å². The largest absolute Gasteiger partial charge is 0.396 e. The monoisotopic (exact) mass is 245 g/mol. The molecule has 0 aromatic heterocycles. The molecular formula is C8H23NO5S. The van der Waals surface area contributed by atoms with Gasteiger partial charge in [0.05, 0.1) is 0 Å². The quantitative estimate of drug-likeness (QED) is 0.417. The van der Waals surface area contributed by atoms with E-state index < -0.39 is 10.4 Å². The summed E-state index contributed by atoms with van der Waals surface area (Å²) in [6.45, 7) is 2.58. The topological polar surface area (TPSA) is 130 Å². The highest BCUT2D eigenvalue weighted by Gasteiger charge is 1.86. The van der Waals surface area contributed by atoms with Crippen LogP contribution in [-0.2, 0) is 10.4 Å². The van der Waals surface area contributed by atoms with Gasteiger partial charge in [0.25, 0.3) is 0 Å². The first-order valence-electron chi connectivity index (χ1n) is 4.72. The minimum atomic E-state index is -4.67. The maximum absolute atomic E-state index is 8.74. The van der Waals surface area contributed by atoms with Crippen molar-refractivity contribution in [2.45, 2.75) is 45.4 Å². The van der Waals surface area contributed by atoms with E-state index in [2.05, 4.69) is 6.92 Å². The van der Waals surface area contributed by atoms with Gasteiger partial charge in [-0.2, -0.15) is 8.42 Å². The summed E-state index contributed by atoms with van der Waals surface area (Å²) in [5.41, 5.74) is 0. The number of aliphatic hydroxyl groups excluding tert-OH is 1. The molecule has 0 aromatic carbocycles. The van der Waals surface area contributed by atoms with E-state index in [0.29, 0.717) is 6.61 Å². The lowest BCUT2D eigenvalue weighted by Crippen LogP contribution is -1.89. The Kier molecular flexibility index (Phi) is 18.6. The Hall–Kier alpha value is -0.210. The summed E-state index contributed by atoms with van der Waals surface area (Å²) >= 11 is 0. The van der Waals surface area contributed by atoms with E-state index in [0.717, 1.165) is 6.42 Å². The highest BCUT2D eigenvalue weighted by Crippen LogP contribution is 2.03. The van der Waals surface area contributed by atoms with Crippen LogP contribution in [0.5, 0.6) is 0 Å². The zero-order valence-electron chi connectivity index (χ0n) is 9.22. The van der Waals surface area contributed by atoms with Crippen molar-refractivity contribution in [3.63, 3.8) is 0 Å². The van der Waals surface area contributed by atoms with E-state index in [1.165, 1.54) is 32.1 Å². The lowest BCUT2D eigenvalue weighted by molar-refractivity contribution is 0.282. The third kappa shape index (κ3) is 57.2. The molecule has 7 heteroatoms. The maximum Gasteiger partial charge on any atom is 0.394 e. The fraction of sp³-hybridized carbons (Fsp3) is 1.00. The standard InChI is InChI=1S/C8H18O.H3N.H2O4S/c1-2-3-4-5-6-7-8-9;;1-5(2,3)4/h9H,2-8H2,1H3;1H3;(H2,1,2,3,4). The predicted molar refractivity (Wildman–Crippen MR) is 59.7 cm³/mol. The minimum absolute atomic E-state index is 0. The summed E-state index contributed by atoms with van der Waals surface area (Å²) in [6.07, 6.45) is 7.50. The molecule has 0 bridgehead atoms. The van der Waals surface area contributed by atoms with E-state index in [-0.39, 0.29) is 6.15 Å². The van der Waals surface area contributed by atoms with Crippen molar-refractivity contribution in [3.8, 4) is 0 Å². The minimum Gasteiger partial charge on any atom is -0.396 e. The van der Waals surface area contributed by atoms with Crippen LogP contribution in [0.1, 0.15) is 45.4 Å². The Morgan fingerprint density at radius 1 is 0.933 bits per heavy atom. The number of hydrogen-bond donors (Lipinski definition) is 4. The summed E-state index contributed by atoms with van der Waals surface area (Å²) in [6, 6.07) is 0. The highest BCUT2D eigenvalue weighted by molar-refractivity contribution is 7.79. The molecule has 0 rings (SSSR count). The van der Waals surface area contributed by atoms with Gasteiger partial charge in [-0.3, -0.25) is 9.11 Å². The van der Waals surface area contributed by atoms with E-state index in [1.54, 1.807) is 0 Å². The van der Waals surface area contributed by atoms with Gasteiger partial charge in [-0.1, -0.05) is 39.0 Å². The van der Waals surface area contributed by atoms with Crippen molar-refractivity contribution in [1.82, 2.24) is 6.15 Å². The molecule has 6 N–H and O–H groups in total. The van der Waals surface area contributed by atoms with Crippen LogP contribution in [0.3, 0.4) is 0 Å². The summed E-state index contributed by atoms with van der Waals surface area (Å²) in [5, 5.41) is 8.42. The summed E-state index contributed by atoms with van der Waals surface area (Å²) in [4.78, 5) is 0. The van der Waals surface area contributed by atoms with E-state index in [4.69, 9.17) is 22.6 Å². The molecule has 15 heavy (non-hydrogen) atoms. The van der Waals surface area contributed by atoms with Crippen LogP contribution in [0.4, 0.5) is 0 Å². The van der Waals surface area contributed by atoms with Crippen molar-refractivity contribution in [2.24, 2.45) is 0 Å². The first-order valence-corrected chi connectivity index (χ1v) is 6.12. The third-order valence-electron chi connectivity index (χ3n) is 1.51.